The number of aliphatic hydroxyl groups excluding tert-OH is 1. The number of halogens is 3. The van der Waals surface area contributed by atoms with Gasteiger partial charge >= 0.3 is 5.97 Å². The number of carboxylic acid groups (broad SMARTS) is 1. The van der Waals surface area contributed by atoms with Gasteiger partial charge in [-0.1, -0.05) is 51.1 Å². The lowest BCUT2D eigenvalue weighted by Crippen LogP contribution is -2.50. The summed E-state index contributed by atoms with van der Waals surface area (Å²) in [4.78, 5) is 62.2. The number of hydrogen-bond acceptors (Lipinski definition) is 9. The minimum absolute atomic E-state index is 0.00264. The lowest BCUT2D eigenvalue weighted by Gasteiger charge is -2.43. The van der Waals surface area contributed by atoms with Gasteiger partial charge in [0.15, 0.2) is 0 Å². The molecular weight excluding hydrogens is 749 g/mol. The van der Waals surface area contributed by atoms with Crippen LogP contribution in [0.2, 0.25) is 0 Å². The van der Waals surface area contributed by atoms with Crippen LogP contribution in [0.15, 0.2) is 54.7 Å². The van der Waals surface area contributed by atoms with Crippen molar-refractivity contribution in [2.24, 2.45) is 23.0 Å². The summed E-state index contributed by atoms with van der Waals surface area (Å²) in [7, 11) is 1.59. The first kappa shape index (κ1) is 46.3. The Balaban J connectivity index is 0.000000455. The minimum Gasteiger partial charge on any atom is -0.481 e. The van der Waals surface area contributed by atoms with Crippen molar-refractivity contribution in [3.63, 3.8) is 0 Å². The van der Waals surface area contributed by atoms with E-state index in [1.807, 2.05) is 48.7 Å². The van der Waals surface area contributed by atoms with E-state index >= 15 is 0 Å². The summed E-state index contributed by atoms with van der Waals surface area (Å²) in [5.41, 5.74) is 4.61. The van der Waals surface area contributed by atoms with Gasteiger partial charge in [-0.3, -0.25) is 28.9 Å². The van der Waals surface area contributed by atoms with Crippen LogP contribution in [0.25, 0.3) is 11.3 Å². The third-order valence-corrected chi connectivity index (χ3v) is 9.80. The van der Waals surface area contributed by atoms with E-state index < -0.39 is 53.2 Å². The van der Waals surface area contributed by atoms with Gasteiger partial charge < -0.3 is 35.5 Å². The van der Waals surface area contributed by atoms with E-state index in [1.165, 1.54) is 11.8 Å². The Kier molecular flexibility index (Phi) is 17.4. The molecule has 5 rings (SSSR count). The number of carbonyl (C=O) groups excluding carboxylic acids is 4. The van der Waals surface area contributed by atoms with Gasteiger partial charge in [-0.05, 0) is 42.5 Å². The maximum Gasteiger partial charge on any atom is 0.305 e. The van der Waals surface area contributed by atoms with Crippen LogP contribution in [-0.2, 0) is 35.3 Å². The summed E-state index contributed by atoms with van der Waals surface area (Å²) < 4.78 is 51.3. The normalized spacial score (nSPS) is 18.9. The van der Waals surface area contributed by atoms with Gasteiger partial charge in [0.05, 0.1) is 18.2 Å². The molecule has 2 aliphatic rings. The van der Waals surface area contributed by atoms with Gasteiger partial charge in [0.25, 0.3) is 5.91 Å². The lowest BCUT2D eigenvalue weighted by atomic mass is 9.79. The number of primary amides is 1. The highest BCUT2D eigenvalue weighted by molar-refractivity contribution is 6.03. The number of nitrogens with zero attached hydrogens (tertiary/aromatic N) is 4. The largest absolute Gasteiger partial charge is 0.481 e. The second-order valence-corrected chi connectivity index (χ2v) is 14.7. The number of nitrogens with two attached hydrogens (primary N) is 1. The molecule has 0 aliphatic carbocycles. The van der Waals surface area contributed by atoms with Crippen LogP contribution >= 0.6 is 0 Å². The average molecular weight is 803 g/mol. The van der Waals surface area contributed by atoms with Crippen LogP contribution in [0.3, 0.4) is 0 Å². The molecule has 2 aliphatic heterocycles. The number of ether oxygens (including phenoxy) is 1. The standard InChI is InChI=1S/C31H39F3N4O3.C8H11NO4.CH3NO/c1-20(39)30(40)38(18-22-15-35-16-26(22)34)28(31(2,3)12-13-41-4)29-36-27(24-14-23(32)10-11-25(24)33)19-37(29)17-21-8-6-5-7-9-21;1-5-4-6(10)9(8(5)13)3-2-7(11)12;2-1-3/h5-11,14,19-20,22,26,28,35,39H,12-13,15-18H2,1-4H3;5H,2-4H2,1H3,(H,11,12);1H,(H2,2,3)/t20-,22?,26?,28?;;/m0../s1. The number of benzene rings is 2. The van der Waals surface area contributed by atoms with Crippen LogP contribution < -0.4 is 11.1 Å². The molecule has 0 radical (unpaired) electrons. The molecule has 2 aromatic carbocycles. The van der Waals surface area contributed by atoms with Crippen molar-refractivity contribution in [2.45, 2.75) is 71.8 Å². The van der Waals surface area contributed by atoms with Crippen LogP contribution in [0.1, 0.15) is 64.4 Å². The van der Waals surface area contributed by atoms with Crippen molar-refractivity contribution in [2.75, 3.05) is 39.9 Å². The van der Waals surface area contributed by atoms with Crippen molar-refractivity contribution in [3.05, 3.63) is 77.8 Å². The molecule has 1 aromatic heterocycles. The molecule has 5 N–H and O–H groups in total. The summed E-state index contributed by atoms with van der Waals surface area (Å²) in [6.45, 7) is 8.30. The van der Waals surface area contributed by atoms with Crippen LogP contribution in [0, 0.1) is 28.9 Å². The molecule has 2 saturated heterocycles. The molecule has 3 aromatic rings. The zero-order chi connectivity index (χ0) is 42.4. The highest BCUT2D eigenvalue weighted by Gasteiger charge is 2.44. The quantitative estimate of drug-likeness (QED) is 0.130. The van der Waals surface area contributed by atoms with Crippen molar-refractivity contribution in [3.8, 4) is 11.3 Å². The predicted molar refractivity (Wildman–Crippen MR) is 204 cm³/mol. The van der Waals surface area contributed by atoms with E-state index in [0.717, 1.165) is 28.7 Å². The molecule has 0 saturated carbocycles. The fraction of sp³-hybridized carbons (Fsp3) is 0.500. The number of methoxy groups -OCH3 is 1. The Morgan fingerprint density at radius 1 is 1.16 bits per heavy atom. The van der Waals surface area contributed by atoms with E-state index in [1.54, 1.807) is 20.2 Å². The van der Waals surface area contributed by atoms with Gasteiger partial charge in [0.1, 0.15) is 29.7 Å². The Hall–Kier alpha value is -5.13. The highest BCUT2D eigenvalue weighted by atomic mass is 19.1. The van der Waals surface area contributed by atoms with Crippen molar-refractivity contribution < 1.29 is 52.1 Å². The van der Waals surface area contributed by atoms with E-state index in [-0.39, 0.29) is 67.9 Å². The van der Waals surface area contributed by atoms with E-state index in [2.05, 4.69) is 11.1 Å². The third kappa shape index (κ3) is 12.7. The number of likely N-dealkylation sites (tertiary alicyclic amines) is 1. The Morgan fingerprint density at radius 3 is 2.37 bits per heavy atom. The summed E-state index contributed by atoms with van der Waals surface area (Å²) in [5.74, 6) is -3.68. The van der Waals surface area contributed by atoms with Gasteiger partial charge in [-0.25, -0.2) is 18.2 Å². The zero-order valence-electron chi connectivity index (χ0n) is 32.9. The van der Waals surface area contributed by atoms with Gasteiger partial charge in [-0.15, -0.1) is 0 Å². The zero-order valence-corrected chi connectivity index (χ0v) is 32.9. The number of imidazole rings is 1. The second kappa shape index (κ2) is 21.4. The van der Waals surface area contributed by atoms with Gasteiger partial charge in [0.2, 0.25) is 18.2 Å². The molecule has 312 valence electrons. The molecular formula is C40H53F3N6O8. The molecule has 0 bridgehead atoms. The number of nitrogens with one attached hydrogen (secondary N) is 1. The SMILES string of the molecule is CC1CC(=O)N(CCC(=O)O)C1=O.COCCC(C)(C)C(c1nc(-c2cc(F)ccc2F)cn1Cc1ccccc1)N(CC1CNCC1F)C(=O)[C@H](C)O.NC=O. The maximum atomic E-state index is 15.0. The summed E-state index contributed by atoms with van der Waals surface area (Å²) in [6, 6.07) is 12.0. The van der Waals surface area contributed by atoms with E-state index in [9.17, 15) is 37.5 Å². The van der Waals surface area contributed by atoms with Gasteiger partial charge in [0, 0.05) is 76.5 Å². The van der Waals surface area contributed by atoms with E-state index in [0.29, 0.717) is 31.9 Å². The first-order chi connectivity index (χ1) is 26.9. The molecule has 4 amide bonds. The Bertz CT molecular complexity index is 1830. The number of aliphatic carboxylic acids is 1. The molecule has 17 heteroatoms. The molecule has 14 nitrogen and oxygen atoms in total. The number of alkyl halides is 1. The molecule has 5 atom stereocenters. The monoisotopic (exact) mass is 802 g/mol. The molecule has 57 heavy (non-hydrogen) atoms. The fourth-order valence-electron chi connectivity index (χ4n) is 6.78. The average Bonchev–Trinajstić information content (AvgIpc) is 3.83. The van der Waals surface area contributed by atoms with Crippen LogP contribution in [0.5, 0.6) is 0 Å². The number of aromatic nitrogens is 2. The molecule has 2 fully saturated rings. The lowest BCUT2D eigenvalue weighted by molar-refractivity contribution is -0.147. The number of imide groups is 1. The first-order valence-electron chi connectivity index (χ1n) is 18.6. The van der Waals surface area contributed by atoms with Crippen LogP contribution in [0.4, 0.5) is 13.2 Å². The number of carboxylic acids is 1. The number of amides is 4. The van der Waals surface area contributed by atoms with Crippen molar-refractivity contribution >= 4 is 30.1 Å². The minimum atomic E-state index is -1.35. The molecule has 4 unspecified atom stereocenters. The number of rotatable bonds is 15. The topological polar surface area (TPSA) is 197 Å². The smallest absolute Gasteiger partial charge is 0.305 e. The van der Waals surface area contributed by atoms with Crippen LogP contribution in [-0.4, -0.2) is 112 Å². The van der Waals surface area contributed by atoms with Crippen molar-refractivity contribution in [1.29, 1.82) is 0 Å². The maximum absolute atomic E-state index is 15.0. The summed E-state index contributed by atoms with van der Waals surface area (Å²) >= 11 is 0. The van der Waals surface area contributed by atoms with Gasteiger partial charge in [-0.2, -0.15) is 0 Å². The Labute approximate surface area is 330 Å². The van der Waals surface area contributed by atoms with Crippen molar-refractivity contribution in [1.82, 2.24) is 24.7 Å². The van der Waals surface area contributed by atoms with E-state index in [4.69, 9.17) is 19.6 Å². The number of carbonyl (C=O) groups is 5. The molecule has 3 heterocycles. The predicted octanol–water partition coefficient (Wildman–Crippen LogP) is 3.70. The Morgan fingerprint density at radius 2 is 1.82 bits per heavy atom. The first-order valence-corrected chi connectivity index (χ1v) is 18.6. The second-order valence-electron chi connectivity index (χ2n) is 14.7. The summed E-state index contributed by atoms with van der Waals surface area (Å²) in [6.07, 6.45) is -0.0758. The highest BCUT2D eigenvalue weighted by Crippen LogP contribution is 2.43. The number of aliphatic hydroxyl groups is 1. The number of hydrogen-bond donors (Lipinski definition) is 4. The third-order valence-electron chi connectivity index (χ3n) is 9.80. The summed E-state index contributed by atoms with van der Waals surface area (Å²) in [5, 5.41) is 21.9. The fourth-order valence-corrected chi connectivity index (χ4v) is 6.78. The molecule has 0 spiro atoms.